The summed E-state index contributed by atoms with van der Waals surface area (Å²) >= 11 is 0. The molecular formula is C30H56N2O4. The van der Waals surface area contributed by atoms with E-state index < -0.39 is 0 Å². The van der Waals surface area contributed by atoms with Gasteiger partial charge in [0.05, 0.1) is 18.4 Å². The van der Waals surface area contributed by atoms with E-state index in [1.54, 1.807) is 0 Å². The highest BCUT2D eigenvalue weighted by Gasteiger charge is 2.49. The molecule has 0 aliphatic carbocycles. The number of hydrogen-bond donors (Lipinski definition) is 2. The maximum atomic E-state index is 12.8. The molecule has 6 heteroatoms. The molecule has 3 unspecified atom stereocenters. The molecule has 2 saturated heterocycles. The Morgan fingerprint density at radius 3 is 1.67 bits per heavy atom. The van der Waals surface area contributed by atoms with Crippen LogP contribution in [-0.4, -0.2) is 46.8 Å². The van der Waals surface area contributed by atoms with Crippen LogP contribution in [0.1, 0.15) is 120 Å². The monoisotopic (exact) mass is 508 g/mol. The third-order valence-electron chi connectivity index (χ3n) is 7.71. The van der Waals surface area contributed by atoms with Crippen LogP contribution in [-0.2, 0) is 19.1 Å². The smallest absolute Gasteiger partial charge is 0.311 e. The summed E-state index contributed by atoms with van der Waals surface area (Å²) in [5.74, 6) is -0.316. The van der Waals surface area contributed by atoms with Crippen LogP contribution in [0.15, 0.2) is 13.2 Å². The van der Waals surface area contributed by atoms with Crippen LogP contribution < -0.4 is 10.6 Å². The van der Waals surface area contributed by atoms with Crippen molar-refractivity contribution in [2.24, 2.45) is 11.8 Å². The fourth-order valence-corrected chi connectivity index (χ4v) is 6.18. The Morgan fingerprint density at radius 2 is 1.22 bits per heavy atom. The summed E-state index contributed by atoms with van der Waals surface area (Å²) < 4.78 is 11.5. The van der Waals surface area contributed by atoms with Gasteiger partial charge >= 0.3 is 11.9 Å². The lowest BCUT2D eigenvalue weighted by molar-refractivity contribution is -0.156. The molecule has 0 aromatic heterocycles. The number of esters is 2. The average Bonchev–Trinajstić information content (AvgIpc) is 3.14. The first-order valence-corrected chi connectivity index (χ1v) is 14.0. The zero-order valence-electron chi connectivity index (χ0n) is 24.9. The predicted octanol–water partition coefficient (Wildman–Crippen LogP) is 6.33. The summed E-state index contributed by atoms with van der Waals surface area (Å²) in [5, 5.41) is 7.10. The second-order valence-corrected chi connectivity index (χ2v) is 13.2. The Balaban J connectivity index is 0.00000316. The molecule has 2 aliphatic rings. The van der Waals surface area contributed by atoms with Gasteiger partial charge in [0, 0.05) is 22.2 Å². The van der Waals surface area contributed by atoms with E-state index in [1.807, 2.05) is 0 Å². The number of rotatable bonds is 12. The molecule has 0 aromatic rings. The van der Waals surface area contributed by atoms with Gasteiger partial charge in [-0.2, -0.15) is 0 Å². The van der Waals surface area contributed by atoms with Crippen LogP contribution >= 0.6 is 0 Å². The predicted molar refractivity (Wildman–Crippen MR) is 149 cm³/mol. The van der Waals surface area contributed by atoms with Gasteiger partial charge in [-0.25, -0.2) is 0 Å². The Bertz CT molecular complexity index is 714. The van der Waals surface area contributed by atoms with Crippen LogP contribution in [0.5, 0.6) is 0 Å². The number of nitrogens with one attached hydrogen (secondary N) is 2. The van der Waals surface area contributed by atoms with Crippen molar-refractivity contribution in [3.63, 3.8) is 0 Å². The second-order valence-electron chi connectivity index (χ2n) is 13.2. The zero-order chi connectivity index (χ0) is 27.8. The molecule has 0 spiro atoms. The van der Waals surface area contributed by atoms with E-state index >= 15 is 0 Å². The summed E-state index contributed by atoms with van der Waals surface area (Å²) in [7, 11) is 0. The SMILES string of the molecule is C=C.CCC(CCCCCCCOC(=O)C1CC(C)(C)NC1(C)C)OC(=O)C1CC(C)(C)NC1(C)C. The molecule has 2 N–H and O–H groups in total. The molecule has 2 heterocycles. The maximum absolute atomic E-state index is 12.8. The first-order valence-electron chi connectivity index (χ1n) is 14.0. The highest BCUT2D eigenvalue weighted by Crippen LogP contribution is 2.37. The van der Waals surface area contributed by atoms with Crippen LogP contribution in [0.4, 0.5) is 0 Å². The molecule has 0 radical (unpaired) electrons. The van der Waals surface area contributed by atoms with Crippen molar-refractivity contribution < 1.29 is 19.1 Å². The molecular weight excluding hydrogens is 452 g/mol. The van der Waals surface area contributed by atoms with Crippen LogP contribution in [0, 0.1) is 11.8 Å². The molecule has 2 aliphatic heterocycles. The third-order valence-corrected chi connectivity index (χ3v) is 7.71. The summed E-state index contributed by atoms with van der Waals surface area (Å²) in [5.41, 5.74) is -0.523. The van der Waals surface area contributed by atoms with Gasteiger partial charge in [-0.15, -0.1) is 13.2 Å². The van der Waals surface area contributed by atoms with Gasteiger partial charge in [0.25, 0.3) is 0 Å². The Kier molecular flexibility index (Phi) is 12.2. The number of unbranched alkanes of at least 4 members (excludes halogenated alkanes) is 4. The van der Waals surface area contributed by atoms with Crippen molar-refractivity contribution in [3.05, 3.63) is 13.2 Å². The van der Waals surface area contributed by atoms with Crippen molar-refractivity contribution in [2.75, 3.05) is 6.61 Å². The molecule has 2 fully saturated rings. The van der Waals surface area contributed by atoms with E-state index in [2.05, 4.69) is 86.1 Å². The summed E-state index contributed by atoms with van der Waals surface area (Å²) in [4.78, 5) is 25.4. The molecule has 0 saturated carbocycles. The van der Waals surface area contributed by atoms with Crippen molar-refractivity contribution >= 4 is 11.9 Å². The summed E-state index contributed by atoms with van der Waals surface area (Å²) in [6.07, 6.45) is 8.63. The first-order chi connectivity index (χ1) is 16.6. The number of carbonyl (C=O) groups excluding carboxylic acids is 2. The molecule has 2 rings (SSSR count). The van der Waals surface area contributed by atoms with Gasteiger partial charge in [-0.05, 0) is 93.9 Å². The number of ether oxygens (including phenoxy) is 2. The van der Waals surface area contributed by atoms with Gasteiger partial charge in [0.2, 0.25) is 0 Å². The quantitative estimate of drug-likeness (QED) is 0.182. The molecule has 0 aromatic carbocycles. The summed E-state index contributed by atoms with van der Waals surface area (Å²) in [6.45, 7) is 25.5. The van der Waals surface area contributed by atoms with Crippen molar-refractivity contribution in [3.8, 4) is 0 Å². The minimum Gasteiger partial charge on any atom is -0.465 e. The van der Waals surface area contributed by atoms with E-state index in [0.29, 0.717) is 6.61 Å². The maximum Gasteiger partial charge on any atom is 0.311 e. The Morgan fingerprint density at radius 1 is 0.778 bits per heavy atom. The van der Waals surface area contributed by atoms with Gasteiger partial charge in [0.15, 0.2) is 0 Å². The lowest BCUT2D eigenvalue weighted by atomic mass is 9.87. The normalized spacial score (nSPS) is 25.9. The number of hydrogen-bond acceptors (Lipinski definition) is 6. The molecule has 36 heavy (non-hydrogen) atoms. The van der Waals surface area contributed by atoms with Gasteiger partial charge < -0.3 is 20.1 Å². The molecule has 210 valence electrons. The van der Waals surface area contributed by atoms with Gasteiger partial charge in [0.1, 0.15) is 6.10 Å². The van der Waals surface area contributed by atoms with Gasteiger partial charge in [-0.3, -0.25) is 9.59 Å². The largest absolute Gasteiger partial charge is 0.465 e. The van der Waals surface area contributed by atoms with E-state index in [0.717, 1.165) is 57.8 Å². The number of carbonyl (C=O) groups is 2. The van der Waals surface area contributed by atoms with E-state index in [4.69, 9.17) is 9.47 Å². The summed E-state index contributed by atoms with van der Waals surface area (Å²) in [6, 6.07) is 0. The van der Waals surface area contributed by atoms with Crippen molar-refractivity contribution in [2.45, 2.75) is 148 Å². The first kappa shape index (κ1) is 32.6. The fourth-order valence-electron chi connectivity index (χ4n) is 6.18. The van der Waals surface area contributed by atoms with Crippen LogP contribution in [0.25, 0.3) is 0 Å². The third kappa shape index (κ3) is 9.81. The molecule has 6 nitrogen and oxygen atoms in total. The fraction of sp³-hybridized carbons (Fsp3) is 0.867. The second kappa shape index (κ2) is 13.4. The lowest BCUT2D eigenvalue weighted by Crippen LogP contribution is -2.47. The molecule has 0 bridgehead atoms. The van der Waals surface area contributed by atoms with Crippen LogP contribution in [0.2, 0.25) is 0 Å². The zero-order valence-corrected chi connectivity index (χ0v) is 24.9. The van der Waals surface area contributed by atoms with E-state index in [9.17, 15) is 9.59 Å². The Hall–Kier alpha value is -1.40. The minimum atomic E-state index is -0.234. The lowest BCUT2D eigenvalue weighted by Gasteiger charge is -2.28. The van der Waals surface area contributed by atoms with E-state index in [-0.39, 0.29) is 52.0 Å². The highest BCUT2D eigenvalue weighted by atomic mass is 16.5. The topological polar surface area (TPSA) is 76.7 Å². The molecule has 0 amide bonds. The standard InChI is InChI=1S/C28H52N2O4.C2H4/c1-10-20(34-24(32)22-19-26(4,5)30-28(22,8)9)16-14-12-11-13-15-17-33-23(31)21-18-25(2,3)29-27(21,6)7;1-2/h20-22,29-30H,10-19H2,1-9H3;1-2H2. The van der Waals surface area contributed by atoms with Crippen molar-refractivity contribution in [1.82, 2.24) is 10.6 Å². The van der Waals surface area contributed by atoms with Crippen LogP contribution in [0.3, 0.4) is 0 Å². The Labute approximate surface area is 221 Å². The van der Waals surface area contributed by atoms with E-state index in [1.165, 1.54) is 0 Å². The minimum absolute atomic E-state index is 0.000549. The average molecular weight is 509 g/mol. The highest BCUT2D eigenvalue weighted by molar-refractivity contribution is 5.75. The van der Waals surface area contributed by atoms with Gasteiger partial charge in [-0.1, -0.05) is 26.2 Å². The molecule has 3 atom stereocenters. The van der Waals surface area contributed by atoms with Crippen molar-refractivity contribution in [1.29, 1.82) is 0 Å².